The van der Waals surface area contributed by atoms with E-state index in [0.717, 1.165) is 11.8 Å². The molecule has 0 radical (unpaired) electrons. The highest BCUT2D eigenvalue weighted by Crippen LogP contribution is 2.24. The molecule has 9 heteroatoms. The highest BCUT2D eigenvalue weighted by atomic mass is 32.2. The van der Waals surface area contributed by atoms with Gasteiger partial charge in [-0.3, -0.25) is 13.9 Å². The first kappa shape index (κ1) is 30.2. The van der Waals surface area contributed by atoms with Gasteiger partial charge in [-0.15, -0.1) is 0 Å². The molecule has 0 bridgehead atoms. The molecule has 2 amide bonds. The molecule has 0 fully saturated rings. The predicted octanol–water partition coefficient (Wildman–Crippen LogP) is 4.01. The number of hydrogen-bond acceptors (Lipinski definition) is 5. The number of methoxy groups -OCH3 is 1. The van der Waals surface area contributed by atoms with Crippen LogP contribution in [0.25, 0.3) is 0 Å². The fraction of sp³-hybridized carbons (Fsp3) is 0.500. The Kier molecular flexibility index (Phi) is 11.0. The normalized spacial score (nSPS) is 12.5. The third kappa shape index (κ3) is 9.72. The van der Waals surface area contributed by atoms with Crippen molar-refractivity contribution in [1.82, 2.24) is 10.2 Å². The molecule has 2 aromatic carbocycles. The van der Waals surface area contributed by atoms with Crippen LogP contribution in [0.15, 0.2) is 54.6 Å². The van der Waals surface area contributed by atoms with Gasteiger partial charge in [-0.2, -0.15) is 0 Å². The van der Waals surface area contributed by atoms with Crippen LogP contribution in [0.2, 0.25) is 0 Å². The van der Waals surface area contributed by atoms with Crippen LogP contribution in [0.3, 0.4) is 0 Å². The molecule has 2 aromatic rings. The molecule has 37 heavy (non-hydrogen) atoms. The van der Waals surface area contributed by atoms with Gasteiger partial charge in [0.05, 0.1) is 19.1 Å². The molecule has 0 aliphatic rings. The maximum atomic E-state index is 13.5. The maximum Gasteiger partial charge on any atom is 0.243 e. The number of benzene rings is 2. The van der Waals surface area contributed by atoms with E-state index >= 15 is 0 Å². The van der Waals surface area contributed by atoms with Crippen molar-refractivity contribution < 1.29 is 22.7 Å². The summed E-state index contributed by atoms with van der Waals surface area (Å²) in [6.45, 7) is 8.15. The lowest BCUT2D eigenvalue weighted by Gasteiger charge is -2.33. The van der Waals surface area contributed by atoms with Crippen molar-refractivity contribution in [2.45, 2.75) is 65.0 Å². The zero-order valence-corrected chi connectivity index (χ0v) is 23.7. The van der Waals surface area contributed by atoms with E-state index in [2.05, 4.69) is 5.32 Å². The van der Waals surface area contributed by atoms with E-state index in [-0.39, 0.29) is 24.8 Å². The summed E-state index contributed by atoms with van der Waals surface area (Å²) in [5, 5.41) is 3.00. The molecule has 0 aliphatic carbocycles. The van der Waals surface area contributed by atoms with Crippen molar-refractivity contribution in [3.63, 3.8) is 0 Å². The summed E-state index contributed by atoms with van der Waals surface area (Å²) in [7, 11) is -2.05. The SMILES string of the molecule is CCC(C(=O)NC(C)(C)C)N(CCc1ccccc1)C(=O)CCCN(c1cccc(OC)c1)S(C)(=O)=O. The Morgan fingerprint density at radius 2 is 1.70 bits per heavy atom. The van der Waals surface area contributed by atoms with Crippen molar-refractivity contribution in [2.24, 2.45) is 0 Å². The average Bonchev–Trinajstić information content (AvgIpc) is 2.83. The van der Waals surface area contributed by atoms with E-state index in [1.807, 2.05) is 58.0 Å². The van der Waals surface area contributed by atoms with Crippen molar-refractivity contribution in [3.05, 3.63) is 60.2 Å². The number of hydrogen-bond donors (Lipinski definition) is 1. The molecule has 8 nitrogen and oxygen atoms in total. The number of amides is 2. The van der Waals surface area contributed by atoms with E-state index in [9.17, 15) is 18.0 Å². The van der Waals surface area contributed by atoms with Gasteiger partial charge in [-0.05, 0) is 57.7 Å². The first-order valence-corrected chi connectivity index (χ1v) is 14.5. The van der Waals surface area contributed by atoms with Crippen molar-refractivity contribution in [1.29, 1.82) is 0 Å². The van der Waals surface area contributed by atoms with Gasteiger partial charge in [0.25, 0.3) is 0 Å². The molecule has 1 atom stereocenters. The average molecular weight is 532 g/mol. The first-order valence-electron chi connectivity index (χ1n) is 12.6. The van der Waals surface area contributed by atoms with Crippen molar-refractivity contribution in [3.8, 4) is 5.75 Å². The molecule has 0 aliphatic heterocycles. The Bertz CT molecular complexity index is 1130. The molecule has 0 saturated carbocycles. The molecule has 0 saturated heterocycles. The standard InChI is InChI=1S/C28H41N3O5S/c1-7-25(27(33)29-28(2,3)4)30(20-18-22-13-9-8-10-14-22)26(32)17-12-19-31(37(6,34)35)23-15-11-16-24(21-23)36-5/h8-11,13-16,21,25H,7,12,17-20H2,1-6H3,(H,29,33). The van der Waals surface area contributed by atoms with Crippen molar-refractivity contribution >= 4 is 27.5 Å². The van der Waals surface area contributed by atoms with Gasteiger partial charge < -0.3 is 15.0 Å². The molecule has 0 heterocycles. The number of anilines is 1. The molecule has 0 aromatic heterocycles. The number of sulfonamides is 1. The van der Waals surface area contributed by atoms with Crippen LogP contribution in [0.4, 0.5) is 5.69 Å². The number of nitrogens with zero attached hydrogens (tertiary/aromatic N) is 2. The fourth-order valence-corrected chi connectivity index (χ4v) is 5.08. The first-order chi connectivity index (χ1) is 17.4. The van der Waals surface area contributed by atoms with Crippen LogP contribution in [0.5, 0.6) is 5.75 Å². The largest absolute Gasteiger partial charge is 0.497 e. The molecular weight excluding hydrogens is 490 g/mol. The molecule has 204 valence electrons. The van der Waals surface area contributed by atoms with Gasteiger partial charge in [0, 0.05) is 31.1 Å². The third-order valence-corrected chi connectivity index (χ3v) is 7.06. The zero-order chi connectivity index (χ0) is 27.6. The van der Waals surface area contributed by atoms with E-state index in [0.29, 0.717) is 37.2 Å². The number of nitrogens with one attached hydrogen (secondary N) is 1. The molecular formula is C28H41N3O5S. The molecule has 2 rings (SSSR count). The number of carbonyl (C=O) groups is 2. The van der Waals surface area contributed by atoms with Crippen LogP contribution in [0.1, 0.15) is 52.5 Å². The second-order valence-electron chi connectivity index (χ2n) is 10.1. The van der Waals surface area contributed by atoms with Gasteiger partial charge in [-0.1, -0.05) is 43.3 Å². The summed E-state index contributed by atoms with van der Waals surface area (Å²) >= 11 is 0. The predicted molar refractivity (Wildman–Crippen MR) is 148 cm³/mol. The van der Waals surface area contributed by atoms with Gasteiger partial charge in [0.15, 0.2) is 0 Å². The van der Waals surface area contributed by atoms with E-state index < -0.39 is 21.6 Å². The topological polar surface area (TPSA) is 96.0 Å². The monoisotopic (exact) mass is 531 g/mol. The van der Waals surface area contributed by atoms with Gasteiger partial charge in [0.1, 0.15) is 11.8 Å². The summed E-state index contributed by atoms with van der Waals surface area (Å²) in [5.41, 5.74) is 1.13. The number of rotatable bonds is 13. The van der Waals surface area contributed by atoms with E-state index in [1.165, 1.54) is 11.4 Å². The van der Waals surface area contributed by atoms with Gasteiger partial charge in [-0.25, -0.2) is 8.42 Å². The molecule has 1 unspecified atom stereocenters. The molecule has 0 spiro atoms. The summed E-state index contributed by atoms with van der Waals surface area (Å²) in [6, 6.07) is 16.0. The Morgan fingerprint density at radius 1 is 1.03 bits per heavy atom. The summed E-state index contributed by atoms with van der Waals surface area (Å²) in [6.07, 6.45) is 2.66. The number of ether oxygens (including phenoxy) is 1. The van der Waals surface area contributed by atoms with Crippen LogP contribution in [0, 0.1) is 0 Å². The lowest BCUT2D eigenvalue weighted by Crippen LogP contribution is -2.54. The quantitative estimate of drug-likeness (QED) is 0.421. The minimum absolute atomic E-state index is 0.115. The van der Waals surface area contributed by atoms with Crippen LogP contribution >= 0.6 is 0 Å². The van der Waals surface area contributed by atoms with E-state index in [1.54, 1.807) is 29.2 Å². The maximum absolute atomic E-state index is 13.5. The van der Waals surface area contributed by atoms with Gasteiger partial charge in [0.2, 0.25) is 21.8 Å². The Hall–Kier alpha value is -3.07. The summed E-state index contributed by atoms with van der Waals surface area (Å²) < 4.78 is 31.5. The van der Waals surface area contributed by atoms with Crippen LogP contribution < -0.4 is 14.4 Å². The Balaban J connectivity index is 2.19. The number of carbonyl (C=O) groups excluding carboxylic acids is 2. The second-order valence-corrected chi connectivity index (χ2v) is 12.0. The second kappa shape index (κ2) is 13.5. The third-order valence-electron chi connectivity index (χ3n) is 5.86. The highest BCUT2D eigenvalue weighted by molar-refractivity contribution is 7.92. The zero-order valence-electron chi connectivity index (χ0n) is 22.9. The van der Waals surface area contributed by atoms with Crippen LogP contribution in [-0.4, -0.2) is 63.2 Å². The lowest BCUT2D eigenvalue weighted by atomic mass is 10.0. The smallest absolute Gasteiger partial charge is 0.243 e. The summed E-state index contributed by atoms with van der Waals surface area (Å²) in [4.78, 5) is 28.2. The lowest BCUT2D eigenvalue weighted by molar-refractivity contribution is -0.141. The van der Waals surface area contributed by atoms with E-state index in [4.69, 9.17) is 4.74 Å². The fourth-order valence-electron chi connectivity index (χ4n) is 4.12. The van der Waals surface area contributed by atoms with Crippen LogP contribution in [-0.2, 0) is 26.0 Å². The minimum Gasteiger partial charge on any atom is -0.497 e. The van der Waals surface area contributed by atoms with Gasteiger partial charge >= 0.3 is 0 Å². The summed E-state index contributed by atoms with van der Waals surface area (Å²) in [5.74, 6) is 0.182. The Morgan fingerprint density at radius 3 is 2.27 bits per heavy atom. The molecule has 1 N–H and O–H groups in total. The van der Waals surface area contributed by atoms with Crippen molar-refractivity contribution in [2.75, 3.05) is 30.8 Å². The Labute approximate surface area is 222 Å². The highest BCUT2D eigenvalue weighted by Gasteiger charge is 2.30. The minimum atomic E-state index is -3.57.